The number of phenolic OH excluding ortho intramolecular Hbond substituents is 2. The van der Waals surface area contributed by atoms with E-state index in [1.165, 1.54) is 11.1 Å². The van der Waals surface area contributed by atoms with Gasteiger partial charge in [0.15, 0.2) is 0 Å². The third-order valence-electron chi connectivity index (χ3n) is 5.36. The molecule has 1 aliphatic carbocycles. The van der Waals surface area contributed by atoms with Gasteiger partial charge in [-0.2, -0.15) is 0 Å². The Hall–Kier alpha value is -2.22. The molecule has 126 valence electrons. The summed E-state index contributed by atoms with van der Waals surface area (Å²) in [5.74, 6) is 0.763. The van der Waals surface area contributed by atoms with E-state index < -0.39 is 0 Å². The minimum atomic E-state index is -0.190. The lowest BCUT2D eigenvalue weighted by molar-refractivity contribution is 0.462. The summed E-state index contributed by atoms with van der Waals surface area (Å²) in [5, 5.41) is 20.3. The maximum Gasteiger partial charge on any atom is 0.121 e. The Morgan fingerprint density at radius 3 is 1.50 bits per heavy atom. The van der Waals surface area contributed by atoms with E-state index in [0.717, 1.165) is 41.5 Å². The molecule has 0 heterocycles. The number of benzene rings is 2. The van der Waals surface area contributed by atoms with Gasteiger partial charge in [0.2, 0.25) is 0 Å². The first kappa shape index (κ1) is 16.6. The lowest BCUT2D eigenvalue weighted by Gasteiger charge is -2.36. The normalized spacial score (nSPS) is 16.3. The van der Waals surface area contributed by atoms with Crippen LogP contribution < -0.4 is 0 Å². The van der Waals surface area contributed by atoms with Crippen molar-refractivity contribution in [2.75, 3.05) is 0 Å². The lowest BCUT2D eigenvalue weighted by Crippen LogP contribution is -2.27. The number of aromatic hydroxyl groups is 2. The van der Waals surface area contributed by atoms with Crippen molar-refractivity contribution in [1.82, 2.24) is 0 Å². The van der Waals surface area contributed by atoms with Crippen molar-refractivity contribution in [1.29, 1.82) is 0 Å². The summed E-state index contributed by atoms with van der Waals surface area (Å²) in [6, 6.07) is 8.43. The molecule has 2 heteroatoms. The molecule has 0 radical (unpaired) electrons. The predicted molar refractivity (Wildman–Crippen MR) is 98.9 cm³/mol. The van der Waals surface area contributed by atoms with E-state index in [1.807, 2.05) is 27.7 Å². The van der Waals surface area contributed by atoms with Gasteiger partial charge in [0.05, 0.1) is 0 Å². The number of aryl methyl sites for hydroxylation is 4. The minimum Gasteiger partial charge on any atom is -0.507 e. The van der Waals surface area contributed by atoms with Crippen molar-refractivity contribution in [2.45, 2.75) is 52.4 Å². The van der Waals surface area contributed by atoms with Crippen LogP contribution in [0.25, 0.3) is 0 Å². The van der Waals surface area contributed by atoms with E-state index in [0.29, 0.717) is 11.5 Å². The highest BCUT2D eigenvalue weighted by Gasteiger charge is 2.34. The van der Waals surface area contributed by atoms with Gasteiger partial charge in [-0.25, -0.2) is 0 Å². The fourth-order valence-electron chi connectivity index (χ4n) is 3.94. The van der Waals surface area contributed by atoms with Crippen molar-refractivity contribution in [3.63, 3.8) is 0 Å². The van der Waals surface area contributed by atoms with Gasteiger partial charge in [0.25, 0.3) is 0 Å². The van der Waals surface area contributed by atoms with E-state index in [2.05, 4.69) is 36.4 Å². The largest absolute Gasteiger partial charge is 0.507 e. The molecule has 0 spiro atoms. The minimum absolute atomic E-state index is 0.190. The molecule has 0 atom stereocenters. The van der Waals surface area contributed by atoms with Crippen LogP contribution in [0.2, 0.25) is 0 Å². The molecule has 0 aromatic heterocycles. The van der Waals surface area contributed by atoms with Gasteiger partial charge >= 0.3 is 0 Å². The molecule has 0 fully saturated rings. The maximum atomic E-state index is 10.2. The quantitative estimate of drug-likeness (QED) is 0.731. The van der Waals surface area contributed by atoms with Gasteiger partial charge in [-0.1, -0.05) is 36.4 Å². The summed E-state index contributed by atoms with van der Waals surface area (Å²) in [7, 11) is 0. The third kappa shape index (κ3) is 2.60. The first-order valence-electron chi connectivity index (χ1n) is 8.64. The Morgan fingerprint density at radius 2 is 1.17 bits per heavy atom. The van der Waals surface area contributed by atoms with Crippen LogP contribution in [0.1, 0.15) is 52.6 Å². The molecular weight excluding hydrogens is 296 g/mol. The van der Waals surface area contributed by atoms with Crippen molar-refractivity contribution in [2.24, 2.45) is 0 Å². The molecule has 0 saturated heterocycles. The van der Waals surface area contributed by atoms with Gasteiger partial charge in [-0.15, -0.1) is 0 Å². The van der Waals surface area contributed by atoms with E-state index in [9.17, 15) is 10.2 Å². The second-order valence-corrected chi connectivity index (χ2v) is 7.18. The number of allylic oxidation sites excluding steroid dienone is 2. The van der Waals surface area contributed by atoms with Crippen LogP contribution in [0, 0.1) is 27.7 Å². The molecule has 0 bridgehead atoms. The number of rotatable bonds is 2. The van der Waals surface area contributed by atoms with E-state index >= 15 is 0 Å². The van der Waals surface area contributed by atoms with Crippen LogP contribution in [0.15, 0.2) is 36.4 Å². The average Bonchev–Trinajstić information content (AvgIpc) is 2.57. The van der Waals surface area contributed by atoms with Crippen LogP contribution in [0.5, 0.6) is 11.5 Å². The van der Waals surface area contributed by atoms with E-state index in [1.54, 1.807) is 0 Å². The fraction of sp³-hybridized carbons (Fsp3) is 0.364. The zero-order chi connectivity index (χ0) is 17.5. The zero-order valence-corrected chi connectivity index (χ0v) is 15.0. The highest BCUT2D eigenvalue weighted by molar-refractivity contribution is 5.54. The molecule has 0 amide bonds. The Balaban J connectivity index is 2.27. The summed E-state index contributed by atoms with van der Waals surface area (Å²) in [6.45, 7) is 7.83. The number of hydrogen-bond donors (Lipinski definition) is 2. The summed E-state index contributed by atoms with van der Waals surface area (Å²) < 4.78 is 0. The molecule has 0 unspecified atom stereocenters. The van der Waals surface area contributed by atoms with Gasteiger partial charge in [-0.05, 0) is 80.3 Å². The second-order valence-electron chi connectivity index (χ2n) is 7.18. The number of phenols is 2. The van der Waals surface area contributed by atoms with E-state index in [-0.39, 0.29) is 5.41 Å². The molecule has 0 saturated carbocycles. The molecule has 24 heavy (non-hydrogen) atoms. The van der Waals surface area contributed by atoms with E-state index in [4.69, 9.17) is 0 Å². The summed E-state index contributed by atoms with van der Waals surface area (Å²) in [6.07, 6.45) is 7.85. The molecule has 0 aliphatic heterocycles. The first-order valence-corrected chi connectivity index (χ1v) is 8.64. The second kappa shape index (κ2) is 6.01. The topological polar surface area (TPSA) is 40.5 Å². The van der Waals surface area contributed by atoms with Gasteiger partial charge in [-0.3, -0.25) is 0 Å². The van der Waals surface area contributed by atoms with Gasteiger partial charge in [0.1, 0.15) is 11.5 Å². The Bertz CT molecular complexity index is 711. The van der Waals surface area contributed by atoms with Crippen LogP contribution in [0.4, 0.5) is 0 Å². The molecule has 2 nitrogen and oxygen atoms in total. The molecule has 3 rings (SSSR count). The summed E-state index contributed by atoms with van der Waals surface area (Å²) in [4.78, 5) is 0. The maximum absolute atomic E-state index is 10.2. The SMILES string of the molecule is Cc1cc(C2(c3cc(C)c(O)c(C)c3)C=CCCC2)cc(C)c1O. The Labute approximate surface area is 144 Å². The number of hydrogen-bond acceptors (Lipinski definition) is 2. The molecule has 2 N–H and O–H groups in total. The van der Waals surface area contributed by atoms with Gasteiger partial charge in [0, 0.05) is 5.41 Å². The van der Waals surface area contributed by atoms with Crippen molar-refractivity contribution < 1.29 is 10.2 Å². The molecular formula is C22H26O2. The zero-order valence-electron chi connectivity index (χ0n) is 15.0. The third-order valence-corrected chi connectivity index (χ3v) is 5.36. The summed E-state index contributed by atoms with van der Waals surface area (Å²) in [5.41, 5.74) is 5.90. The van der Waals surface area contributed by atoms with Crippen LogP contribution in [-0.2, 0) is 5.41 Å². The summed E-state index contributed by atoms with van der Waals surface area (Å²) >= 11 is 0. The monoisotopic (exact) mass is 322 g/mol. The molecule has 2 aromatic rings. The highest BCUT2D eigenvalue weighted by Crippen LogP contribution is 2.44. The Morgan fingerprint density at radius 1 is 0.750 bits per heavy atom. The smallest absolute Gasteiger partial charge is 0.121 e. The fourth-order valence-corrected chi connectivity index (χ4v) is 3.94. The van der Waals surface area contributed by atoms with Crippen molar-refractivity contribution >= 4 is 0 Å². The van der Waals surface area contributed by atoms with Crippen molar-refractivity contribution in [3.05, 3.63) is 69.8 Å². The lowest BCUT2D eigenvalue weighted by atomic mass is 9.67. The predicted octanol–water partition coefficient (Wildman–Crippen LogP) is 5.36. The average molecular weight is 322 g/mol. The first-order chi connectivity index (χ1) is 11.3. The molecule has 1 aliphatic rings. The standard InChI is InChI=1S/C22H26O2/c1-14-10-18(11-15(2)20(14)23)22(8-6-5-7-9-22)19-12-16(3)21(24)17(4)13-19/h6,8,10-13,23-24H,5,7,9H2,1-4H3. The van der Waals surface area contributed by atoms with Gasteiger partial charge < -0.3 is 10.2 Å². The highest BCUT2D eigenvalue weighted by atomic mass is 16.3. The van der Waals surface area contributed by atoms with Crippen LogP contribution >= 0.6 is 0 Å². The van der Waals surface area contributed by atoms with Crippen LogP contribution in [-0.4, -0.2) is 10.2 Å². The molecule has 2 aromatic carbocycles. The van der Waals surface area contributed by atoms with Crippen molar-refractivity contribution in [3.8, 4) is 11.5 Å². The van der Waals surface area contributed by atoms with Crippen LogP contribution in [0.3, 0.4) is 0 Å². The Kier molecular flexibility index (Phi) is 4.16.